The van der Waals surface area contributed by atoms with Crippen LogP contribution >= 0.6 is 15.8 Å². The van der Waals surface area contributed by atoms with Crippen molar-refractivity contribution < 1.29 is 0 Å². The maximum absolute atomic E-state index is 7.15. The van der Waals surface area contributed by atoms with Gasteiger partial charge in [-0.25, -0.2) is 0 Å². The highest BCUT2D eigenvalue weighted by Gasteiger charge is 2.31. The van der Waals surface area contributed by atoms with Gasteiger partial charge in [0.25, 0.3) is 0 Å². The third-order valence-electron chi connectivity index (χ3n) is 11.3. The molecule has 0 bridgehead atoms. The first-order chi connectivity index (χ1) is 26.9. The topological polar surface area (TPSA) is 29.3 Å². The minimum Gasteiger partial charge on any atom is -0.326 e. The van der Waals surface area contributed by atoms with E-state index in [1.165, 1.54) is 100 Å². The number of nitrogens with zero attached hydrogens (tertiary/aromatic N) is 1. The number of hydrogen-bond acceptors (Lipinski definition) is 2. The quantitative estimate of drug-likeness (QED) is 0.133. The minimum atomic E-state index is -0.794. The number of hydrogen-bond donors (Lipinski definition) is 1. The molecule has 0 spiro atoms. The Balaban J connectivity index is 1.36. The molecule has 2 nitrogen and oxygen atoms in total. The molecule has 6 aromatic rings. The molecule has 0 aromatic heterocycles. The largest absolute Gasteiger partial charge is 0.326 e. The lowest BCUT2D eigenvalue weighted by Crippen LogP contribution is -2.49. The van der Waals surface area contributed by atoms with E-state index in [-0.39, 0.29) is 6.04 Å². The highest BCUT2D eigenvalue weighted by Crippen LogP contribution is 2.39. The van der Waals surface area contributed by atoms with E-state index in [4.69, 9.17) is 5.73 Å². The summed E-state index contributed by atoms with van der Waals surface area (Å²) in [6.45, 7) is 19.7. The second kappa shape index (κ2) is 17.7. The van der Waals surface area contributed by atoms with Gasteiger partial charge in [-0.3, -0.25) is 4.90 Å². The summed E-state index contributed by atoms with van der Waals surface area (Å²) in [5.41, 5.74) is 20.6. The van der Waals surface area contributed by atoms with Crippen LogP contribution in [-0.4, -0.2) is 17.0 Å². The molecule has 2 atom stereocenters. The van der Waals surface area contributed by atoms with E-state index in [0.29, 0.717) is 6.04 Å². The molecular formula is C52H60N2P2. The van der Waals surface area contributed by atoms with E-state index >= 15 is 0 Å². The second-order valence-electron chi connectivity index (χ2n) is 16.7. The zero-order valence-corrected chi connectivity index (χ0v) is 36.7. The summed E-state index contributed by atoms with van der Waals surface area (Å²) < 4.78 is 0. The van der Waals surface area contributed by atoms with Crippen LogP contribution in [0.25, 0.3) is 0 Å². The Labute approximate surface area is 340 Å². The van der Waals surface area contributed by atoms with Gasteiger partial charge in [0.2, 0.25) is 0 Å². The van der Waals surface area contributed by atoms with Crippen LogP contribution in [0.3, 0.4) is 0 Å². The Morgan fingerprint density at radius 1 is 0.446 bits per heavy atom. The molecule has 4 heteroatoms. The van der Waals surface area contributed by atoms with Crippen molar-refractivity contribution in [1.82, 2.24) is 4.90 Å². The fourth-order valence-corrected chi connectivity index (χ4v) is 14.9. The van der Waals surface area contributed by atoms with Crippen molar-refractivity contribution in [3.63, 3.8) is 0 Å². The predicted octanol–water partition coefficient (Wildman–Crippen LogP) is 9.94. The number of benzene rings is 6. The number of rotatable bonds is 11. The first-order valence-corrected chi connectivity index (χ1v) is 23.2. The highest BCUT2D eigenvalue weighted by atomic mass is 31.1. The molecule has 1 aliphatic carbocycles. The van der Waals surface area contributed by atoms with Gasteiger partial charge in [0.15, 0.2) is 0 Å². The van der Waals surface area contributed by atoms with Gasteiger partial charge in [0, 0.05) is 25.2 Å². The first-order valence-electron chi connectivity index (χ1n) is 20.5. The van der Waals surface area contributed by atoms with Crippen LogP contribution in [0.5, 0.6) is 0 Å². The number of nitrogens with two attached hydrogens (primary N) is 1. The van der Waals surface area contributed by atoms with E-state index in [9.17, 15) is 0 Å². The molecular weight excluding hydrogens is 715 g/mol. The molecule has 7 rings (SSSR count). The lowest BCUT2D eigenvalue weighted by molar-refractivity contribution is 0.122. The molecule has 6 aromatic carbocycles. The van der Waals surface area contributed by atoms with Crippen LogP contribution in [0.4, 0.5) is 0 Å². The molecule has 2 N–H and O–H groups in total. The SMILES string of the molecule is Cc1cc(C)cc(P(c2cc(C)cc(C)c2)c2ccccc2CN(Cc2ccccc2P(c2cc(C)cc(C)c2)c2cc(C)cc(C)c2)C2CCCC[C@@H]2N)c1. The van der Waals surface area contributed by atoms with E-state index in [0.717, 1.165) is 25.9 Å². The summed E-state index contributed by atoms with van der Waals surface area (Å²) >= 11 is 0. The van der Waals surface area contributed by atoms with Crippen LogP contribution in [0.1, 0.15) is 81.3 Å². The summed E-state index contributed by atoms with van der Waals surface area (Å²) in [5.74, 6) is 0. The molecule has 1 unspecified atom stereocenters. The standard InChI is InChI=1S/C52H60N2P2/c1-35-21-36(2)26-45(25-35)55(46-27-37(3)22-38(4)28-46)51-19-13-9-15-43(51)33-54(50-18-12-11-17-49(50)53)34-44-16-10-14-20-52(44)56(47-29-39(5)23-40(6)30-47)48-31-41(7)24-42(8)32-48/h9-10,13-16,19-32,49-50H,11-12,17-18,33-34,53H2,1-8H3/t49-,50?/m0/s1. The molecule has 288 valence electrons. The van der Waals surface area contributed by atoms with Gasteiger partial charge < -0.3 is 5.73 Å². The lowest BCUT2D eigenvalue weighted by Gasteiger charge is -2.40. The highest BCUT2D eigenvalue weighted by molar-refractivity contribution is 7.80. The van der Waals surface area contributed by atoms with Gasteiger partial charge in [-0.1, -0.05) is 179 Å². The Bertz CT molecular complexity index is 1990. The number of aryl methyl sites for hydroxylation is 8. The fourth-order valence-electron chi connectivity index (χ4n) is 9.22. The van der Waals surface area contributed by atoms with Crippen molar-refractivity contribution in [2.45, 2.75) is 106 Å². The molecule has 56 heavy (non-hydrogen) atoms. The van der Waals surface area contributed by atoms with Crippen LogP contribution in [0, 0.1) is 55.4 Å². The van der Waals surface area contributed by atoms with Gasteiger partial charge in [0.1, 0.15) is 0 Å². The van der Waals surface area contributed by atoms with Crippen molar-refractivity contribution in [1.29, 1.82) is 0 Å². The Kier molecular flexibility index (Phi) is 12.7. The van der Waals surface area contributed by atoms with Gasteiger partial charge in [0.05, 0.1) is 0 Å². The molecule has 0 saturated heterocycles. The Morgan fingerprint density at radius 2 is 0.750 bits per heavy atom. The average molecular weight is 775 g/mol. The summed E-state index contributed by atoms with van der Waals surface area (Å²) in [7, 11) is -1.59. The van der Waals surface area contributed by atoms with E-state index in [1.54, 1.807) is 0 Å². The Morgan fingerprint density at radius 3 is 1.07 bits per heavy atom. The third-order valence-corrected chi connectivity index (χ3v) is 16.3. The normalized spacial score (nSPS) is 15.9. The second-order valence-corrected chi connectivity index (χ2v) is 21.1. The van der Waals surface area contributed by atoms with Crippen molar-refractivity contribution in [2.75, 3.05) is 0 Å². The molecule has 1 fully saturated rings. The summed E-state index contributed by atoms with van der Waals surface area (Å²) in [6.07, 6.45) is 4.67. The summed E-state index contributed by atoms with van der Waals surface area (Å²) in [4.78, 5) is 2.77. The van der Waals surface area contributed by atoms with Crippen molar-refractivity contribution in [3.05, 3.63) is 177 Å². The van der Waals surface area contributed by atoms with Crippen LogP contribution < -0.4 is 37.6 Å². The van der Waals surface area contributed by atoms with E-state index in [1.807, 2.05) is 0 Å². The van der Waals surface area contributed by atoms with Crippen LogP contribution in [0.2, 0.25) is 0 Å². The first kappa shape index (κ1) is 40.3. The van der Waals surface area contributed by atoms with Crippen molar-refractivity contribution in [3.8, 4) is 0 Å². The predicted molar refractivity (Wildman–Crippen MR) is 248 cm³/mol. The van der Waals surface area contributed by atoms with E-state index in [2.05, 4.69) is 182 Å². The lowest BCUT2D eigenvalue weighted by atomic mass is 9.89. The average Bonchev–Trinajstić information content (AvgIpc) is 3.12. The molecule has 0 heterocycles. The molecule has 0 radical (unpaired) electrons. The van der Waals surface area contributed by atoms with Gasteiger partial charge in [-0.05, 0) is 127 Å². The minimum absolute atomic E-state index is 0.156. The van der Waals surface area contributed by atoms with Crippen molar-refractivity contribution in [2.24, 2.45) is 5.73 Å². The monoisotopic (exact) mass is 774 g/mol. The van der Waals surface area contributed by atoms with E-state index < -0.39 is 15.8 Å². The van der Waals surface area contributed by atoms with Gasteiger partial charge in [-0.2, -0.15) is 0 Å². The van der Waals surface area contributed by atoms with Crippen LogP contribution in [-0.2, 0) is 13.1 Å². The smallest absolute Gasteiger partial charge is 0.0254 e. The molecule has 1 aliphatic rings. The van der Waals surface area contributed by atoms with Crippen molar-refractivity contribution >= 4 is 47.7 Å². The maximum Gasteiger partial charge on any atom is 0.0254 e. The van der Waals surface area contributed by atoms with Gasteiger partial charge >= 0.3 is 0 Å². The van der Waals surface area contributed by atoms with Crippen LogP contribution in [0.15, 0.2) is 121 Å². The zero-order chi connectivity index (χ0) is 39.5. The summed E-state index contributed by atoms with van der Waals surface area (Å²) in [6, 6.07) is 47.8. The fraction of sp³-hybridized carbons (Fsp3) is 0.308. The maximum atomic E-state index is 7.15. The molecule has 0 amide bonds. The zero-order valence-electron chi connectivity index (χ0n) is 34.9. The molecule has 1 saturated carbocycles. The Hall–Kier alpha value is -3.90. The third kappa shape index (κ3) is 9.44. The molecule has 0 aliphatic heterocycles. The van der Waals surface area contributed by atoms with Gasteiger partial charge in [-0.15, -0.1) is 0 Å². The summed E-state index contributed by atoms with van der Waals surface area (Å²) in [5, 5.41) is 8.60.